The molecule has 2 aliphatic rings. The van der Waals surface area contributed by atoms with Gasteiger partial charge in [-0.1, -0.05) is 5.21 Å². The molecule has 4 heterocycles. The van der Waals surface area contributed by atoms with Crippen LogP contribution in [-0.2, 0) is 17.8 Å². The second-order valence-electron chi connectivity index (χ2n) is 8.48. The van der Waals surface area contributed by atoms with Gasteiger partial charge in [-0.05, 0) is 43.7 Å². The van der Waals surface area contributed by atoms with Crippen LogP contribution in [0.1, 0.15) is 31.6 Å². The van der Waals surface area contributed by atoms with Gasteiger partial charge < -0.3 is 9.30 Å². The third kappa shape index (κ3) is 3.65. The second-order valence-corrected chi connectivity index (χ2v) is 8.48. The summed E-state index contributed by atoms with van der Waals surface area (Å²) in [6.45, 7) is 6.29. The number of aromatic nitrogens is 6. The van der Waals surface area contributed by atoms with E-state index in [1.807, 2.05) is 30.1 Å². The van der Waals surface area contributed by atoms with Crippen molar-refractivity contribution in [3.8, 4) is 11.3 Å². The van der Waals surface area contributed by atoms with Crippen molar-refractivity contribution in [1.82, 2.24) is 34.4 Å². The first-order valence-corrected chi connectivity index (χ1v) is 10.8. The predicted molar refractivity (Wildman–Crippen MR) is 112 cm³/mol. The quantitative estimate of drug-likeness (QED) is 0.625. The molecule has 4 atom stereocenters. The molecule has 3 aromatic heterocycles. The minimum absolute atomic E-state index is 0.163. The van der Waals surface area contributed by atoms with Crippen LogP contribution in [0, 0.1) is 11.8 Å². The summed E-state index contributed by atoms with van der Waals surface area (Å²) in [5, 5.41) is 8.88. The maximum atomic E-state index is 5.93. The van der Waals surface area contributed by atoms with Crippen LogP contribution in [0.25, 0.3) is 11.3 Å². The third-order valence-corrected chi connectivity index (χ3v) is 6.80. The number of aryl methyl sites for hydroxylation is 1. The molecule has 2 fully saturated rings. The summed E-state index contributed by atoms with van der Waals surface area (Å²) in [5.74, 6) is 2.48. The van der Waals surface area contributed by atoms with E-state index in [4.69, 9.17) is 4.74 Å². The molecular weight excluding hydrogens is 378 g/mol. The van der Waals surface area contributed by atoms with Crippen LogP contribution in [0.3, 0.4) is 0 Å². The smallest absolute Gasteiger partial charge is 0.122 e. The van der Waals surface area contributed by atoms with E-state index in [9.17, 15) is 0 Å². The van der Waals surface area contributed by atoms with Crippen LogP contribution in [0.15, 0.2) is 43.1 Å². The van der Waals surface area contributed by atoms with Crippen LogP contribution in [0.2, 0.25) is 0 Å². The molecule has 0 radical (unpaired) electrons. The number of imidazole rings is 1. The molecule has 5 rings (SSSR count). The van der Waals surface area contributed by atoms with E-state index in [1.165, 1.54) is 0 Å². The first kappa shape index (κ1) is 19.4. The molecule has 8 heteroatoms. The van der Waals surface area contributed by atoms with Gasteiger partial charge in [-0.3, -0.25) is 9.88 Å². The van der Waals surface area contributed by atoms with E-state index in [1.54, 1.807) is 12.4 Å². The lowest BCUT2D eigenvalue weighted by Gasteiger charge is -2.37. The third-order valence-electron chi connectivity index (χ3n) is 6.80. The SMILES string of the molecule is CCn1ccnc1CN1C[C@H]2C[C@@H](n3cc(-c4ccncc4)nn3)[C@H](OC)C[C@H]2C1. The topological polar surface area (TPSA) is 73.9 Å². The molecule has 158 valence electrons. The standard InChI is InChI=1S/C22H29N7O/c1-3-28-9-8-24-22(28)15-27-12-17-10-20(21(30-2)11-18(17)13-27)29-14-19(25-26-29)16-4-6-23-7-5-16/h4-9,14,17-18,20-21H,3,10-13,15H2,1-2H3/t17-,18+,20-,21-/m1/s1. The van der Waals surface area contributed by atoms with Crippen LogP contribution in [0.5, 0.6) is 0 Å². The normalized spacial score (nSPS) is 26.7. The Balaban J connectivity index is 1.30. The molecule has 0 N–H and O–H groups in total. The summed E-state index contributed by atoms with van der Waals surface area (Å²) in [7, 11) is 1.82. The minimum Gasteiger partial charge on any atom is -0.379 e. The Morgan fingerprint density at radius 3 is 2.67 bits per heavy atom. The summed E-state index contributed by atoms with van der Waals surface area (Å²) in [6.07, 6.45) is 11.9. The maximum Gasteiger partial charge on any atom is 0.122 e. The number of rotatable bonds is 6. The van der Waals surface area contributed by atoms with Gasteiger partial charge in [0.1, 0.15) is 11.5 Å². The zero-order valence-electron chi connectivity index (χ0n) is 17.6. The van der Waals surface area contributed by atoms with Crippen molar-refractivity contribution < 1.29 is 4.74 Å². The number of likely N-dealkylation sites (tertiary alicyclic amines) is 1. The second kappa shape index (κ2) is 8.28. The van der Waals surface area contributed by atoms with E-state index in [-0.39, 0.29) is 12.1 Å². The summed E-state index contributed by atoms with van der Waals surface area (Å²) < 4.78 is 10.2. The fraction of sp³-hybridized carbons (Fsp3) is 0.545. The Morgan fingerprint density at radius 2 is 1.90 bits per heavy atom. The molecule has 0 bridgehead atoms. The van der Waals surface area contributed by atoms with Crippen molar-refractivity contribution in [2.75, 3.05) is 20.2 Å². The molecule has 0 aromatic carbocycles. The molecule has 30 heavy (non-hydrogen) atoms. The highest BCUT2D eigenvalue weighted by atomic mass is 16.5. The molecule has 1 aliphatic carbocycles. The van der Waals surface area contributed by atoms with Gasteiger partial charge in [-0.2, -0.15) is 0 Å². The molecule has 0 spiro atoms. The first-order valence-electron chi connectivity index (χ1n) is 10.8. The van der Waals surface area contributed by atoms with Crippen LogP contribution in [0.4, 0.5) is 0 Å². The number of hydrogen-bond acceptors (Lipinski definition) is 6. The number of ether oxygens (including phenoxy) is 1. The fourth-order valence-electron chi connectivity index (χ4n) is 5.22. The summed E-state index contributed by atoms with van der Waals surface area (Å²) in [5.41, 5.74) is 1.92. The Bertz CT molecular complexity index is 969. The Kier molecular flexibility index (Phi) is 5.35. The zero-order chi connectivity index (χ0) is 20.5. The average molecular weight is 408 g/mol. The highest BCUT2D eigenvalue weighted by Crippen LogP contribution is 2.42. The van der Waals surface area contributed by atoms with Crippen molar-refractivity contribution in [1.29, 1.82) is 0 Å². The largest absolute Gasteiger partial charge is 0.379 e. The van der Waals surface area contributed by atoms with Gasteiger partial charge in [0, 0.05) is 57.1 Å². The molecule has 1 saturated heterocycles. The summed E-state index contributed by atoms with van der Waals surface area (Å²) >= 11 is 0. The molecular formula is C22H29N7O. The van der Waals surface area contributed by atoms with Crippen molar-refractivity contribution >= 4 is 0 Å². The highest BCUT2D eigenvalue weighted by molar-refractivity contribution is 5.56. The molecule has 8 nitrogen and oxygen atoms in total. The molecule has 0 amide bonds. The van der Waals surface area contributed by atoms with Gasteiger partial charge in [0.25, 0.3) is 0 Å². The van der Waals surface area contributed by atoms with E-state index in [0.29, 0.717) is 11.8 Å². The Hall–Kier alpha value is -2.58. The van der Waals surface area contributed by atoms with Crippen molar-refractivity contribution in [3.05, 3.63) is 48.9 Å². The monoisotopic (exact) mass is 407 g/mol. The predicted octanol–water partition coefficient (Wildman–Crippen LogP) is 2.65. The lowest BCUT2D eigenvalue weighted by atomic mass is 9.77. The molecule has 0 unspecified atom stereocenters. The average Bonchev–Trinajstić information content (AvgIpc) is 3.52. The van der Waals surface area contributed by atoms with E-state index < -0.39 is 0 Å². The van der Waals surface area contributed by atoms with Crippen LogP contribution in [-0.4, -0.2) is 60.7 Å². The van der Waals surface area contributed by atoms with Gasteiger partial charge in [0.15, 0.2) is 0 Å². The fourth-order valence-corrected chi connectivity index (χ4v) is 5.22. The number of nitrogens with zero attached hydrogens (tertiary/aromatic N) is 7. The van der Waals surface area contributed by atoms with Crippen molar-refractivity contribution in [2.24, 2.45) is 11.8 Å². The van der Waals surface area contributed by atoms with E-state index in [2.05, 4.69) is 49.1 Å². The summed E-state index contributed by atoms with van der Waals surface area (Å²) in [4.78, 5) is 11.2. The molecule has 3 aromatic rings. The van der Waals surface area contributed by atoms with Gasteiger partial charge in [0.05, 0.1) is 24.9 Å². The molecule has 1 aliphatic heterocycles. The lowest BCUT2D eigenvalue weighted by Crippen LogP contribution is -2.37. The lowest BCUT2D eigenvalue weighted by molar-refractivity contribution is -0.00545. The van der Waals surface area contributed by atoms with Gasteiger partial charge in [0.2, 0.25) is 0 Å². The van der Waals surface area contributed by atoms with E-state index >= 15 is 0 Å². The number of fused-ring (bicyclic) bond motifs is 1. The molecule has 1 saturated carbocycles. The van der Waals surface area contributed by atoms with Gasteiger partial charge in [-0.25, -0.2) is 9.67 Å². The van der Waals surface area contributed by atoms with Crippen LogP contribution < -0.4 is 0 Å². The highest BCUT2D eigenvalue weighted by Gasteiger charge is 2.43. The van der Waals surface area contributed by atoms with Gasteiger partial charge in [-0.15, -0.1) is 5.10 Å². The first-order chi connectivity index (χ1) is 14.7. The van der Waals surface area contributed by atoms with E-state index in [0.717, 1.165) is 56.1 Å². The number of methoxy groups -OCH3 is 1. The summed E-state index contributed by atoms with van der Waals surface area (Å²) in [6, 6.07) is 4.15. The Labute approximate surface area is 176 Å². The maximum absolute atomic E-state index is 5.93. The van der Waals surface area contributed by atoms with Gasteiger partial charge >= 0.3 is 0 Å². The van der Waals surface area contributed by atoms with Crippen LogP contribution >= 0.6 is 0 Å². The Morgan fingerprint density at radius 1 is 1.10 bits per heavy atom. The van der Waals surface area contributed by atoms with Crippen molar-refractivity contribution in [3.63, 3.8) is 0 Å². The number of pyridine rings is 1. The number of hydrogen-bond donors (Lipinski definition) is 0. The zero-order valence-corrected chi connectivity index (χ0v) is 17.6. The van der Waals surface area contributed by atoms with Crippen molar-refractivity contribution in [2.45, 2.75) is 45.0 Å². The minimum atomic E-state index is 0.163.